The van der Waals surface area contributed by atoms with Crippen LogP contribution in [0.3, 0.4) is 0 Å². The molecule has 3 saturated heterocycles. The van der Waals surface area contributed by atoms with Crippen molar-refractivity contribution in [1.29, 1.82) is 0 Å². The molecule has 152 valence electrons. The number of nitrogens with zero attached hydrogens (tertiary/aromatic N) is 2. The minimum absolute atomic E-state index is 0. The Hall–Kier alpha value is -1.33. The van der Waals surface area contributed by atoms with Gasteiger partial charge < -0.3 is 33.2 Å². The molecule has 1 aromatic carbocycles. The number of aromatic nitrogens is 1. The minimum atomic E-state index is -2.68. The second kappa shape index (κ2) is 8.58. The van der Waals surface area contributed by atoms with E-state index in [1.165, 1.54) is 0 Å². The first-order valence-electron chi connectivity index (χ1n) is 9.09. The van der Waals surface area contributed by atoms with Crippen LogP contribution in [0.25, 0.3) is 10.4 Å². The molecule has 2 aromatic rings. The largest absolute Gasteiger partial charge is 1.00 e. The van der Waals surface area contributed by atoms with Crippen LogP contribution in [-0.4, -0.2) is 48.3 Å². The van der Waals surface area contributed by atoms with Gasteiger partial charge in [-0.15, -0.1) is 11.3 Å². The molecule has 2 bridgehead atoms. The Bertz CT molecular complexity index is 826. The van der Waals surface area contributed by atoms with Crippen molar-refractivity contribution in [3.63, 3.8) is 0 Å². The van der Waals surface area contributed by atoms with Crippen molar-refractivity contribution in [2.45, 2.75) is 25.4 Å². The summed E-state index contributed by atoms with van der Waals surface area (Å²) in [6.45, 7) is 3.05. The minimum Gasteiger partial charge on any atom is -1.00 e. The number of quaternary nitrogens is 1. The summed E-state index contributed by atoms with van der Waals surface area (Å²) >= 11 is 0.886. The molecule has 0 saturated carbocycles. The van der Waals surface area contributed by atoms with Gasteiger partial charge in [-0.2, -0.15) is 0 Å². The molecule has 1 amide bonds. The van der Waals surface area contributed by atoms with E-state index in [1.54, 1.807) is 12.1 Å². The van der Waals surface area contributed by atoms with E-state index in [0.29, 0.717) is 10.8 Å². The van der Waals surface area contributed by atoms with E-state index in [0.717, 1.165) is 53.9 Å². The van der Waals surface area contributed by atoms with Gasteiger partial charge in [0.15, 0.2) is 16.9 Å². The van der Waals surface area contributed by atoms with Crippen molar-refractivity contribution in [2.75, 3.05) is 32.0 Å². The molecule has 5 rings (SSSR count). The van der Waals surface area contributed by atoms with Gasteiger partial charge in [0.1, 0.15) is 6.54 Å². The molecule has 3 fully saturated rings. The fraction of sp³-hybridized carbons (Fsp3) is 0.474. The Morgan fingerprint density at radius 1 is 1.29 bits per heavy atom. The van der Waals surface area contributed by atoms with Crippen molar-refractivity contribution in [3.05, 3.63) is 35.3 Å². The fourth-order valence-corrected chi connectivity index (χ4v) is 4.93. The molecule has 0 unspecified atom stereocenters. The lowest BCUT2D eigenvalue weighted by Gasteiger charge is -2.49. The number of hydrogen-bond acceptors (Lipinski definition) is 4. The van der Waals surface area contributed by atoms with Crippen LogP contribution in [0.1, 0.15) is 24.3 Å². The summed E-state index contributed by atoms with van der Waals surface area (Å²) in [5, 5.41) is 2.29. The van der Waals surface area contributed by atoms with E-state index in [9.17, 15) is 13.6 Å². The average Bonchev–Trinajstić information content (AvgIpc) is 3.06. The number of hydrogen-bond donors (Lipinski definition) is 1. The van der Waals surface area contributed by atoms with Crippen molar-refractivity contribution in [3.8, 4) is 10.4 Å². The second-order valence-corrected chi connectivity index (χ2v) is 8.58. The highest BCUT2D eigenvalue weighted by Gasteiger charge is 2.45. The molecule has 5 nitrogen and oxygen atoms in total. The quantitative estimate of drug-likeness (QED) is 0.491. The molecule has 1 atom stereocenters. The monoisotopic (exact) mass is 521 g/mol. The van der Waals surface area contributed by atoms with E-state index in [4.69, 9.17) is 4.74 Å². The fourth-order valence-electron chi connectivity index (χ4n) is 4.05. The Kier molecular flexibility index (Phi) is 6.55. The van der Waals surface area contributed by atoms with Gasteiger partial charge in [0, 0.05) is 18.8 Å². The lowest BCUT2D eigenvalue weighted by Crippen LogP contribution is -3.00. The van der Waals surface area contributed by atoms with Crippen LogP contribution in [0, 0.1) is 5.92 Å². The molecule has 9 heteroatoms. The van der Waals surface area contributed by atoms with Crippen LogP contribution in [0.2, 0.25) is 0 Å². The smallest absolute Gasteiger partial charge is 0.413 e. The molecule has 1 N–H and O–H groups in total. The lowest BCUT2D eigenvalue weighted by atomic mass is 9.84. The Morgan fingerprint density at radius 3 is 2.57 bits per heavy atom. The number of likely N-dealkylation sites (N-methyl/N-ethyl adjacent to an activating group) is 1. The van der Waals surface area contributed by atoms with Gasteiger partial charge >= 0.3 is 6.09 Å². The number of carbonyl (C=O) groups excluding carboxylic acids is 1. The van der Waals surface area contributed by atoms with Gasteiger partial charge in [-0.05, 0) is 5.56 Å². The Labute approximate surface area is 183 Å². The standard InChI is InChI=1S/C19H21F2N3O2S.HI/c1-24-9-7-12(8-10-24)14(11-24)26-19(25)23-17-15(13-5-3-2-4-6-13)27-18(22-17)16(20)21;/h2-6,12,14,16H,7-11H2,1H3;1H/t12?,14-,24?;/m0./s1. The molecule has 0 radical (unpaired) electrons. The zero-order valence-corrected chi connectivity index (χ0v) is 18.4. The highest BCUT2D eigenvalue weighted by molar-refractivity contribution is 7.15. The molecule has 0 spiro atoms. The first-order valence-corrected chi connectivity index (χ1v) is 9.91. The summed E-state index contributed by atoms with van der Waals surface area (Å²) in [5.74, 6) is 0.518. The molecule has 0 aliphatic carbocycles. The van der Waals surface area contributed by atoms with E-state index in [-0.39, 0.29) is 40.9 Å². The average molecular weight is 521 g/mol. The van der Waals surface area contributed by atoms with E-state index in [2.05, 4.69) is 17.3 Å². The van der Waals surface area contributed by atoms with E-state index in [1.807, 2.05) is 18.2 Å². The Balaban J connectivity index is 0.00000225. The first kappa shape index (κ1) is 21.4. The summed E-state index contributed by atoms with van der Waals surface area (Å²) in [6.07, 6.45) is -1.34. The molecular formula is C19H22F2IN3O2S. The SMILES string of the molecule is C[N+]12CCC(CC1)[C@@H](OC(=O)Nc1nc(C(F)F)sc1-c1ccccc1)C2.[I-]. The number of nitrogens with one attached hydrogen (secondary N) is 1. The highest BCUT2D eigenvalue weighted by atomic mass is 127. The van der Waals surface area contributed by atoms with E-state index >= 15 is 0 Å². The van der Waals surface area contributed by atoms with Crippen molar-refractivity contribution in [2.24, 2.45) is 5.92 Å². The third kappa shape index (κ3) is 4.46. The number of thiazole rings is 1. The maximum Gasteiger partial charge on any atom is 0.413 e. The van der Waals surface area contributed by atoms with Crippen LogP contribution in [0.15, 0.2) is 30.3 Å². The number of ether oxygens (including phenoxy) is 1. The van der Waals surface area contributed by atoms with E-state index < -0.39 is 12.5 Å². The number of anilines is 1. The predicted molar refractivity (Wildman–Crippen MR) is 99.9 cm³/mol. The highest BCUT2D eigenvalue weighted by Crippen LogP contribution is 2.38. The number of alkyl halides is 2. The van der Waals surface area contributed by atoms with Crippen LogP contribution in [0.5, 0.6) is 0 Å². The summed E-state index contributed by atoms with van der Waals surface area (Å²) in [4.78, 5) is 16.9. The van der Waals surface area contributed by atoms with Crippen molar-refractivity contribution < 1.29 is 46.8 Å². The summed E-state index contributed by atoms with van der Waals surface area (Å²) in [6, 6.07) is 9.08. The van der Waals surface area contributed by atoms with Gasteiger partial charge in [-0.1, -0.05) is 30.3 Å². The Morgan fingerprint density at radius 2 is 1.96 bits per heavy atom. The second-order valence-electron chi connectivity index (χ2n) is 7.55. The molecule has 3 aliphatic heterocycles. The zero-order valence-electron chi connectivity index (χ0n) is 15.4. The van der Waals surface area contributed by atoms with Gasteiger partial charge in [0.05, 0.1) is 25.0 Å². The topological polar surface area (TPSA) is 51.2 Å². The lowest BCUT2D eigenvalue weighted by molar-refractivity contribution is -0.928. The molecule has 3 aliphatic rings. The van der Waals surface area contributed by atoms with Crippen molar-refractivity contribution in [1.82, 2.24) is 4.98 Å². The molecule has 1 aromatic heterocycles. The number of halogens is 3. The van der Waals surface area contributed by atoms with Gasteiger partial charge in [0.2, 0.25) is 0 Å². The van der Waals surface area contributed by atoms with Crippen LogP contribution < -0.4 is 29.3 Å². The summed E-state index contributed by atoms with van der Waals surface area (Å²) < 4.78 is 32.9. The first-order chi connectivity index (χ1) is 12.9. The third-order valence-electron chi connectivity index (χ3n) is 5.57. The number of benzene rings is 1. The number of carbonyl (C=O) groups is 1. The number of amides is 1. The van der Waals surface area contributed by atoms with Crippen molar-refractivity contribution >= 4 is 23.2 Å². The third-order valence-corrected chi connectivity index (χ3v) is 6.68. The maximum atomic E-state index is 13.1. The van der Waals surface area contributed by atoms with Gasteiger partial charge in [-0.25, -0.2) is 18.6 Å². The molecular weight excluding hydrogens is 499 g/mol. The maximum absolute atomic E-state index is 13.1. The van der Waals surface area contributed by atoms with Crippen LogP contribution >= 0.6 is 11.3 Å². The number of fused-ring (bicyclic) bond motifs is 3. The molecule has 28 heavy (non-hydrogen) atoms. The number of rotatable bonds is 4. The summed E-state index contributed by atoms with van der Waals surface area (Å²) in [5.41, 5.74) is 0.734. The number of piperidine rings is 3. The molecule has 4 heterocycles. The zero-order chi connectivity index (χ0) is 19.0. The van der Waals surface area contributed by atoms with Gasteiger partial charge in [0.25, 0.3) is 6.43 Å². The summed E-state index contributed by atoms with van der Waals surface area (Å²) in [7, 11) is 2.19. The predicted octanol–water partition coefficient (Wildman–Crippen LogP) is 1.54. The van der Waals surface area contributed by atoms with Crippen LogP contribution in [-0.2, 0) is 4.74 Å². The van der Waals surface area contributed by atoms with Gasteiger partial charge in [-0.3, -0.25) is 5.32 Å². The van der Waals surface area contributed by atoms with Crippen LogP contribution in [0.4, 0.5) is 19.4 Å². The normalized spacial score (nSPS) is 26.0.